The first-order chi connectivity index (χ1) is 12.4. The fourth-order valence-corrected chi connectivity index (χ4v) is 4.34. The summed E-state index contributed by atoms with van der Waals surface area (Å²) in [6.07, 6.45) is 2.08. The van der Waals surface area contributed by atoms with E-state index in [1.165, 1.54) is 0 Å². The van der Waals surface area contributed by atoms with Crippen LogP contribution in [0.1, 0.15) is 53.9 Å². The van der Waals surface area contributed by atoms with E-state index in [0.717, 1.165) is 11.3 Å². The molecule has 152 valence electrons. The topological polar surface area (TPSA) is 105 Å². The third kappa shape index (κ3) is 5.20. The first-order valence-electron chi connectivity index (χ1n) is 9.50. The predicted octanol–water partition coefficient (Wildman–Crippen LogP) is 1.44. The van der Waals surface area contributed by atoms with E-state index in [2.05, 4.69) is 31.4 Å². The summed E-state index contributed by atoms with van der Waals surface area (Å²) in [4.78, 5) is 49.8. The molecule has 8 nitrogen and oxygen atoms in total. The van der Waals surface area contributed by atoms with Crippen LogP contribution in [-0.4, -0.2) is 54.0 Å². The van der Waals surface area contributed by atoms with E-state index in [0.29, 0.717) is 19.4 Å². The molecule has 2 atom stereocenters. The molecular weight excluding hydrogens is 350 g/mol. The molecule has 2 aliphatic rings. The van der Waals surface area contributed by atoms with Gasteiger partial charge >= 0.3 is 12.0 Å². The molecule has 0 radical (unpaired) electrons. The van der Waals surface area contributed by atoms with Gasteiger partial charge in [-0.15, -0.1) is 0 Å². The van der Waals surface area contributed by atoms with Gasteiger partial charge in [-0.2, -0.15) is 0 Å². The minimum atomic E-state index is -0.951. The Morgan fingerprint density at radius 2 is 1.96 bits per heavy atom. The van der Waals surface area contributed by atoms with Gasteiger partial charge in [0, 0.05) is 6.54 Å². The Morgan fingerprint density at radius 1 is 1.30 bits per heavy atom. The summed E-state index contributed by atoms with van der Waals surface area (Å²) in [6, 6.07) is -0.578. The van der Waals surface area contributed by atoms with Gasteiger partial charge in [-0.25, -0.2) is 4.79 Å². The van der Waals surface area contributed by atoms with Crippen LogP contribution >= 0.6 is 0 Å². The van der Waals surface area contributed by atoms with Crippen LogP contribution in [0.25, 0.3) is 0 Å². The van der Waals surface area contributed by atoms with Crippen LogP contribution in [-0.2, 0) is 19.1 Å². The number of carbonyl (C=O) groups is 4. The summed E-state index contributed by atoms with van der Waals surface area (Å²) in [6.45, 7) is 9.70. The van der Waals surface area contributed by atoms with Crippen LogP contribution in [0.5, 0.6) is 0 Å². The number of imide groups is 1. The lowest BCUT2D eigenvalue weighted by atomic mass is 9.64. The standard InChI is InChI=1S/C19H31N3O5/c1-12(2)8-20-14(23)10-27-15(24)9-22-16(25)19(21-17(22)26)7-13(3)6-18(4,5)11-19/h12-13H,6-11H2,1-5H3,(H,20,23)(H,21,26)/t13-,19+/m1/s1. The minimum Gasteiger partial charge on any atom is -0.454 e. The van der Waals surface area contributed by atoms with Crippen LogP contribution in [0, 0.1) is 17.3 Å². The lowest BCUT2D eigenvalue weighted by Gasteiger charge is -2.43. The van der Waals surface area contributed by atoms with Crippen LogP contribution in [0.4, 0.5) is 4.79 Å². The highest BCUT2D eigenvalue weighted by atomic mass is 16.5. The Hall–Kier alpha value is -2.12. The van der Waals surface area contributed by atoms with Gasteiger partial charge in [0.25, 0.3) is 11.8 Å². The average molecular weight is 381 g/mol. The van der Waals surface area contributed by atoms with Crippen LogP contribution < -0.4 is 10.6 Å². The molecule has 1 aliphatic carbocycles. The Balaban J connectivity index is 1.93. The summed E-state index contributed by atoms with van der Waals surface area (Å²) in [5.74, 6) is -0.997. The molecule has 0 aromatic carbocycles. The Labute approximate surface area is 160 Å². The highest BCUT2D eigenvalue weighted by molar-refractivity contribution is 6.08. The number of hydrogen-bond donors (Lipinski definition) is 2. The number of carbonyl (C=O) groups excluding carboxylic acids is 4. The molecule has 0 aromatic rings. The largest absolute Gasteiger partial charge is 0.454 e. The second kappa shape index (κ2) is 7.86. The van der Waals surface area contributed by atoms with Crippen molar-refractivity contribution in [1.29, 1.82) is 0 Å². The second-order valence-corrected chi connectivity index (χ2v) is 9.12. The maximum absolute atomic E-state index is 12.9. The Kier molecular flexibility index (Phi) is 6.17. The number of nitrogens with one attached hydrogen (secondary N) is 2. The zero-order chi connectivity index (χ0) is 20.4. The molecule has 1 saturated heterocycles. The average Bonchev–Trinajstić information content (AvgIpc) is 2.72. The number of esters is 1. The zero-order valence-electron chi connectivity index (χ0n) is 16.9. The lowest BCUT2D eigenvalue weighted by Crippen LogP contribution is -2.54. The molecule has 1 aliphatic heterocycles. The molecule has 0 bridgehead atoms. The van der Waals surface area contributed by atoms with Crippen molar-refractivity contribution in [3.63, 3.8) is 0 Å². The van der Waals surface area contributed by atoms with Gasteiger partial charge in [-0.05, 0) is 36.5 Å². The van der Waals surface area contributed by atoms with Gasteiger partial charge in [0.2, 0.25) is 0 Å². The third-order valence-corrected chi connectivity index (χ3v) is 4.98. The molecule has 2 fully saturated rings. The van der Waals surface area contributed by atoms with Crippen molar-refractivity contribution in [1.82, 2.24) is 15.5 Å². The number of rotatable bonds is 6. The van der Waals surface area contributed by atoms with Crippen molar-refractivity contribution < 1.29 is 23.9 Å². The first kappa shape index (κ1) is 21.2. The van der Waals surface area contributed by atoms with E-state index in [1.807, 2.05) is 13.8 Å². The maximum Gasteiger partial charge on any atom is 0.326 e. The molecule has 0 aromatic heterocycles. The van der Waals surface area contributed by atoms with Crippen molar-refractivity contribution >= 4 is 23.8 Å². The number of amides is 4. The minimum absolute atomic E-state index is 0.0777. The third-order valence-electron chi connectivity index (χ3n) is 4.98. The molecule has 1 heterocycles. The molecule has 2 rings (SSSR count). The van der Waals surface area contributed by atoms with Gasteiger partial charge in [0.15, 0.2) is 6.61 Å². The molecular formula is C19H31N3O5. The summed E-state index contributed by atoms with van der Waals surface area (Å²) in [5.41, 5.74) is -1.03. The molecule has 1 saturated carbocycles. The van der Waals surface area contributed by atoms with Gasteiger partial charge in [-0.3, -0.25) is 19.3 Å². The van der Waals surface area contributed by atoms with Gasteiger partial charge < -0.3 is 15.4 Å². The van der Waals surface area contributed by atoms with Gasteiger partial charge in [-0.1, -0.05) is 34.6 Å². The van der Waals surface area contributed by atoms with Crippen molar-refractivity contribution in [2.24, 2.45) is 17.3 Å². The molecule has 0 unspecified atom stereocenters. The molecule has 2 N–H and O–H groups in total. The Bertz CT molecular complexity index is 631. The predicted molar refractivity (Wildman–Crippen MR) is 98.6 cm³/mol. The van der Waals surface area contributed by atoms with Gasteiger partial charge in [0.1, 0.15) is 12.1 Å². The second-order valence-electron chi connectivity index (χ2n) is 9.12. The first-order valence-corrected chi connectivity index (χ1v) is 9.50. The fraction of sp³-hybridized carbons (Fsp3) is 0.789. The quantitative estimate of drug-likeness (QED) is 0.535. The highest BCUT2D eigenvalue weighted by Gasteiger charge is 2.56. The molecule has 27 heavy (non-hydrogen) atoms. The van der Waals surface area contributed by atoms with Crippen molar-refractivity contribution in [3.8, 4) is 0 Å². The van der Waals surface area contributed by atoms with Crippen LogP contribution in [0.2, 0.25) is 0 Å². The van der Waals surface area contributed by atoms with E-state index in [1.54, 1.807) is 0 Å². The van der Waals surface area contributed by atoms with Crippen molar-refractivity contribution in [2.75, 3.05) is 19.7 Å². The Morgan fingerprint density at radius 3 is 2.56 bits per heavy atom. The van der Waals surface area contributed by atoms with E-state index in [9.17, 15) is 19.2 Å². The number of hydrogen-bond acceptors (Lipinski definition) is 5. The number of ether oxygens (including phenoxy) is 1. The normalized spacial score (nSPS) is 27.0. The van der Waals surface area contributed by atoms with Crippen LogP contribution in [0.3, 0.4) is 0 Å². The van der Waals surface area contributed by atoms with E-state index < -0.39 is 36.6 Å². The fourth-order valence-electron chi connectivity index (χ4n) is 4.34. The van der Waals surface area contributed by atoms with E-state index in [4.69, 9.17) is 4.74 Å². The lowest BCUT2D eigenvalue weighted by molar-refractivity contribution is -0.151. The van der Waals surface area contributed by atoms with Crippen LogP contribution in [0.15, 0.2) is 0 Å². The monoisotopic (exact) mass is 381 g/mol. The van der Waals surface area contributed by atoms with E-state index >= 15 is 0 Å². The number of nitrogens with zero attached hydrogens (tertiary/aromatic N) is 1. The summed E-state index contributed by atoms with van der Waals surface area (Å²) in [5, 5.41) is 5.44. The van der Waals surface area contributed by atoms with Crippen molar-refractivity contribution in [3.05, 3.63) is 0 Å². The SMILES string of the molecule is CC(C)CNC(=O)COC(=O)CN1C(=O)N[C@]2(C[C@H](C)CC(C)(C)C2)C1=O. The summed E-state index contributed by atoms with van der Waals surface area (Å²) in [7, 11) is 0. The summed E-state index contributed by atoms with van der Waals surface area (Å²) < 4.78 is 4.91. The smallest absolute Gasteiger partial charge is 0.326 e. The van der Waals surface area contributed by atoms with Gasteiger partial charge in [0.05, 0.1) is 0 Å². The summed E-state index contributed by atoms with van der Waals surface area (Å²) >= 11 is 0. The number of urea groups is 1. The molecule has 1 spiro atoms. The highest BCUT2D eigenvalue weighted by Crippen LogP contribution is 2.46. The molecule has 8 heteroatoms. The molecule has 4 amide bonds. The van der Waals surface area contributed by atoms with E-state index in [-0.39, 0.29) is 23.2 Å². The van der Waals surface area contributed by atoms with Crippen molar-refractivity contribution in [2.45, 2.75) is 59.4 Å². The zero-order valence-corrected chi connectivity index (χ0v) is 16.9. The maximum atomic E-state index is 12.9.